The van der Waals surface area contributed by atoms with Gasteiger partial charge in [0.05, 0.1) is 17.6 Å². The highest BCUT2D eigenvalue weighted by Crippen LogP contribution is 2.33. The number of nitrogens with zero attached hydrogens (tertiary/aromatic N) is 2. The molecule has 2 heterocycles. The van der Waals surface area contributed by atoms with Gasteiger partial charge >= 0.3 is 0 Å². The fourth-order valence-corrected chi connectivity index (χ4v) is 3.36. The molecular formula is C20H12Cl2N2O2. The summed E-state index contributed by atoms with van der Waals surface area (Å²) in [6, 6.07) is 16.2. The van der Waals surface area contributed by atoms with E-state index in [0.29, 0.717) is 10.6 Å². The second kappa shape index (κ2) is 6.56. The van der Waals surface area contributed by atoms with Gasteiger partial charge < -0.3 is 0 Å². The number of benzene rings is 2. The van der Waals surface area contributed by atoms with E-state index in [0.717, 1.165) is 21.4 Å². The average Bonchev–Trinajstić information content (AvgIpc) is 2.86. The number of pyridine rings is 1. The van der Waals surface area contributed by atoms with Crippen molar-refractivity contribution >= 4 is 51.5 Å². The van der Waals surface area contributed by atoms with Gasteiger partial charge in [0.2, 0.25) is 0 Å². The lowest BCUT2D eigenvalue weighted by molar-refractivity contribution is -0.137. The van der Waals surface area contributed by atoms with Crippen molar-refractivity contribution in [2.75, 3.05) is 0 Å². The maximum Gasteiger partial charge on any atom is 0.273 e. The summed E-state index contributed by atoms with van der Waals surface area (Å²) in [6.07, 6.45) is 1.66. The molecule has 0 unspecified atom stereocenters. The number of hydrogen-bond donors (Lipinski definition) is 0. The predicted octanol–water partition coefficient (Wildman–Crippen LogP) is 4.41. The van der Waals surface area contributed by atoms with E-state index in [2.05, 4.69) is 4.98 Å². The SMILES string of the molecule is O=C1C(Cl)=C(c2ccc(Cl)cc2)C(=O)N1Cc1cnc2ccccc2c1. The number of halogens is 2. The summed E-state index contributed by atoms with van der Waals surface area (Å²) in [5, 5.41) is 1.41. The van der Waals surface area contributed by atoms with Crippen molar-refractivity contribution in [2.24, 2.45) is 0 Å². The maximum atomic E-state index is 12.8. The number of imide groups is 1. The molecule has 0 bridgehead atoms. The van der Waals surface area contributed by atoms with Crippen LogP contribution in [0.15, 0.2) is 65.8 Å². The van der Waals surface area contributed by atoms with Crippen LogP contribution in [0, 0.1) is 0 Å². The summed E-state index contributed by atoms with van der Waals surface area (Å²) in [4.78, 5) is 30.8. The molecule has 1 aromatic heterocycles. The van der Waals surface area contributed by atoms with Crippen LogP contribution in [-0.4, -0.2) is 21.7 Å². The number of fused-ring (bicyclic) bond motifs is 1. The van der Waals surface area contributed by atoms with Crippen LogP contribution in [0.2, 0.25) is 5.02 Å². The first-order valence-electron chi connectivity index (χ1n) is 7.90. The Hall–Kier alpha value is -2.69. The molecular weight excluding hydrogens is 371 g/mol. The third-order valence-electron chi connectivity index (χ3n) is 4.23. The molecule has 0 radical (unpaired) electrons. The third-order valence-corrected chi connectivity index (χ3v) is 4.83. The van der Waals surface area contributed by atoms with Crippen LogP contribution in [0.4, 0.5) is 0 Å². The highest BCUT2D eigenvalue weighted by Gasteiger charge is 2.38. The average molecular weight is 383 g/mol. The monoisotopic (exact) mass is 382 g/mol. The lowest BCUT2D eigenvalue weighted by Crippen LogP contribution is -2.30. The van der Waals surface area contributed by atoms with E-state index in [9.17, 15) is 9.59 Å². The molecule has 2 amide bonds. The van der Waals surface area contributed by atoms with Crippen LogP contribution in [0.1, 0.15) is 11.1 Å². The van der Waals surface area contributed by atoms with Gasteiger partial charge in [0, 0.05) is 16.6 Å². The second-order valence-electron chi connectivity index (χ2n) is 5.93. The maximum absolute atomic E-state index is 12.8. The van der Waals surface area contributed by atoms with Crippen molar-refractivity contribution in [3.63, 3.8) is 0 Å². The van der Waals surface area contributed by atoms with E-state index in [1.165, 1.54) is 0 Å². The Morgan fingerprint density at radius 1 is 0.923 bits per heavy atom. The molecule has 6 heteroatoms. The Balaban J connectivity index is 1.65. The Labute approximate surface area is 159 Å². The van der Waals surface area contributed by atoms with E-state index >= 15 is 0 Å². The summed E-state index contributed by atoms with van der Waals surface area (Å²) in [5.41, 5.74) is 2.37. The van der Waals surface area contributed by atoms with Gasteiger partial charge in [-0.1, -0.05) is 53.5 Å². The van der Waals surface area contributed by atoms with Gasteiger partial charge in [-0.25, -0.2) is 0 Å². The molecule has 4 nitrogen and oxygen atoms in total. The molecule has 128 valence electrons. The number of para-hydroxylation sites is 1. The highest BCUT2D eigenvalue weighted by molar-refractivity contribution is 6.55. The smallest absolute Gasteiger partial charge is 0.269 e. The van der Waals surface area contributed by atoms with Crippen molar-refractivity contribution in [3.05, 3.63) is 82.0 Å². The van der Waals surface area contributed by atoms with Crippen LogP contribution in [0.25, 0.3) is 16.5 Å². The van der Waals surface area contributed by atoms with Crippen molar-refractivity contribution in [3.8, 4) is 0 Å². The Morgan fingerprint density at radius 2 is 1.65 bits per heavy atom. The molecule has 1 aliphatic heterocycles. The summed E-state index contributed by atoms with van der Waals surface area (Å²) in [6.45, 7) is 0.114. The first-order chi connectivity index (χ1) is 12.5. The largest absolute Gasteiger partial charge is 0.273 e. The number of rotatable bonds is 3. The molecule has 0 saturated heterocycles. The summed E-state index contributed by atoms with van der Waals surface area (Å²) < 4.78 is 0. The molecule has 0 atom stereocenters. The minimum absolute atomic E-state index is 0.0777. The number of aromatic nitrogens is 1. The van der Waals surface area contributed by atoms with E-state index in [1.807, 2.05) is 30.3 Å². The molecule has 0 fully saturated rings. The highest BCUT2D eigenvalue weighted by atomic mass is 35.5. The fourth-order valence-electron chi connectivity index (χ4n) is 2.94. The van der Waals surface area contributed by atoms with E-state index in [4.69, 9.17) is 23.2 Å². The van der Waals surface area contributed by atoms with Gasteiger partial charge in [-0.2, -0.15) is 0 Å². The molecule has 1 aliphatic rings. The fraction of sp³-hybridized carbons (Fsp3) is 0.0500. The van der Waals surface area contributed by atoms with Crippen LogP contribution in [-0.2, 0) is 16.1 Å². The first kappa shape index (κ1) is 16.8. The Morgan fingerprint density at radius 3 is 2.42 bits per heavy atom. The lowest BCUT2D eigenvalue weighted by atomic mass is 10.1. The van der Waals surface area contributed by atoms with Crippen LogP contribution in [0.5, 0.6) is 0 Å². The first-order valence-corrected chi connectivity index (χ1v) is 8.66. The summed E-state index contributed by atoms with van der Waals surface area (Å²) in [7, 11) is 0. The van der Waals surface area contributed by atoms with Crippen molar-refractivity contribution in [2.45, 2.75) is 6.54 Å². The van der Waals surface area contributed by atoms with Crippen molar-refractivity contribution in [1.82, 2.24) is 9.88 Å². The van der Waals surface area contributed by atoms with Gasteiger partial charge in [0.15, 0.2) is 0 Å². The summed E-state index contributed by atoms with van der Waals surface area (Å²) >= 11 is 12.1. The quantitative estimate of drug-likeness (QED) is 0.630. The second-order valence-corrected chi connectivity index (χ2v) is 6.74. The van der Waals surface area contributed by atoms with E-state index in [-0.39, 0.29) is 17.2 Å². The number of amides is 2. The molecule has 26 heavy (non-hydrogen) atoms. The predicted molar refractivity (Wildman–Crippen MR) is 102 cm³/mol. The standard InChI is InChI=1S/C20H12Cl2N2O2/c21-15-7-5-13(6-8-15)17-18(22)20(26)24(19(17)25)11-12-9-14-3-1-2-4-16(14)23-10-12/h1-10H,11H2. The minimum atomic E-state index is -0.505. The molecule has 0 aliphatic carbocycles. The molecule has 3 aromatic rings. The topological polar surface area (TPSA) is 50.3 Å². The van der Waals surface area contributed by atoms with Crippen molar-refractivity contribution in [1.29, 1.82) is 0 Å². The third kappa shape index (κ3) is 2.87. The van der Waals surface area contributed by atoms with E-state index in [1.54, 1.807) is 30.5 Å². The molecule has 0 saturated carbocycles. The zero-order valence-electron chi connectivity index (χ0n) is 13.4. The normalized spacial score (nSPS) is 14.6. The number of hydrogen-bond acceptors (Lipinski definition) is 3. The van der Waals surface area contributed by atoms with E-state index < -0.39 is 11.8 Å². The number of carbonyl (C=O) groups is 2. The zero-order valence-corrected chi connectivity index (χ0v) is 15.0. The van der Waals surface area contributed by atoms with Crippen LogP contribution in [0.3, 0.4) is 0 Å². The van der Waals surface area contributed by atoms with Gasteiger partial charge in [0.25, 0.3) is 11.8 Å². The molecule has 4 rings (SSSR count). The zero-order chi connectivity index (χ0) is 18.3. The van der Waals surface area contributed by atoms with Gasteiger partial charge in [0.1, 0.15) is 5.03 Å². The van der Waals surface area contributed by atoms with Crippen LogP contribution < -0.4 is 0 Å². The van der Waals surface area contributed by atoms with Crippen LogP contribution >= 0.6 is 23.2 Å². The van der Waals surface area contributed by atoms with Gasteiger partial charge in [-0.15, -0.1) is 0 Å². The summed E-state index contributed by atoms with van der Waals surface area (Å²) in [5.74, 6) is -0.926. The number of carbonyl (C=O) groups excluding carboxylic acids is 2. The van der Waals surface area contributed by atoms with Crippen molar-refractivity contribution < 1.29 is 9.59 Å². The molecule has 0 N–H and O–H groups in total. The Kier molecular flexibility index (Phi) is 4.23. The minimum Gasteiger partial charge on any atom is -0.269 e. The molecule has 2 aromatic carbocycles. The Bertz CT molecular complexity index is 1070. The molecule has 0 spiro atoms. The van der Waals surface area contributed by atoms with Gasteiger partial charge in [-0.3, -0.25) is 19.5 Å². The van der Waals surface area contributed by atoms with Gasteiger partial charge in [-0.05, 0) is 35.4 Å². The lowest BCUT2D eigenvalue weighted by Gasteiger charge is -2.15.